The molecule has 0 atom stereocenters. The van der Waals surface area contributed by atoms with Gasteiger partial charge in [0.05, 0.1) is 5.60 Å². The summed E-state index contributed by atoms with van der Waals surface area (Å²) >= 11 is 0. The van der Waals surface area contributed by atoms with E-state index in [0.29, 0.717) is 0 Å². The molecule has 0 aromatic carbocycles. The molecule has 0 saturated carbocycles. The molecule has 0 rings (SSSR count). The van der Waals surface area contributed by atoms with Crippen LogP contribution in [-0.2, 0) is 0 Å². The molecule has 0 fully saturated rings. The fourth-order valence-electron chi connectivity index (χ4n) is 2.80. The molecule has 0 spiro atoms. The molecule has 116 valence electrons. The molecule has 0 aromatic rings. The first-order valence-electron chi connectivity index (χ1n) is 8.91. The van der Waals surface area contributed by atoms with Gasteiger partial charge in [0.1, 0.15) is 0 Å². The van der Waals surface area contributed by atoms with E-state index >= 15 is 0 Å². The van der Waals surface area contributed by atoms with Crippen LogP contribution in [0, 0.1) is 0 Å². The highest BCUT2D eigenvalue weighted by molar-refractivity contribution is 4.78. The molecule has 0 aromatic heterocycles. The molecule has 0 radical (unpaired) electrons. The van der Waals surface area contributed by atoms with Gasteiger partial charge in [0.2, 0.25) is 0 Å². The van der Waals surface area contributed by atoms with Crippen molar-refractivity contribution in [2.75, 3.05) is 0 Å². The maximum atomic E-state index is 10.7. The monoisotopic (exact) mass is 270 g/mol. The minimum Gasteiger partial charge on any atom is -0.390 e. The predicted octanol–water partition coefficient (Wildman–Crippen LogP) is 6.24. The SMILES string of the molecule is CCCCCCCCCC(O)(CCCC)CCCC. The van der Waals surface area contributed by atoms with Crippen molar-refractivity contribution in [2.24, 2.45) is 0 Å². The van der Waals surface area contributed by atoms with E-state index < -0.39 is 0 Å². The third kappa shape index (κ3) is 11.5. The molecule has 1 heteroatoms. The van der Waals surface area contributed by atoms with Crippen molar-refractivity contribution < 1.29 is 5.11 Å². The predicted molar refractivity (Wildman–Crippen MR) is 86.6 cm³/mol. The van der Waals surface area contributed by atoms with Crippen molar-refractivity contribution in [1.29, 1.82) is 0 Å². The van der Waals surface area contributed by atoms with Crippen LogP contribution < -0.4 is 0 Å². The van der Waals surface area contributed by atoms with Crippen molar-refractivity contribution in [1.82, 2.24) is 0 Å². The first kappa shape index (κ1) is 19.0. The van der Waals surface area contributed by atoms with E-state index in [1.807, 2.05) is 0 Å². The van der Waals surface area contributed by atoms with Crippen LogP contribution in [0.4, 0.5) is 0 Å². The average molecular weight is 271 g/mol. The topological polar surface area (TPSA) is 20.2 Å². The third-order valence-electron chi connectivity index (χ3n) is 4.24. The molecule has 19 heavy (non-hydrogen) atoms. The summed E-state index contributed by atoms with van der Waals surface area (Å²) in [5.74, 6) is 0. The smallest absolute Gasteiger partial charge is 0.0647 e. The molecule has 0 aliphatic heterocycles. The van der Waals surface area contributed by atoms with Gasteiger partial charge in [-0.05, 0) is 19.3 Å². The Morgan fingerprint density at radius 3 is 1.37 bits per heavy atom. The number of unbranched alkanes of at least 4 members (excludes halogenated alkanes) is 8. The average Bonchev–Trinajstić information content (AvgIpc) is 2.42. The summed E-state index contributed by atoms with van der Waals surface area (Å²) in [4.78, 5) is 0. The van der Waals surface area contributed by atoms with E-state index in [-0.39, 0.29) is 5.60 Å². The number of aliphatic hydroxyl groups is 1. The molecular formula is C18H38O. The second kappa shape index (κ2) is 13.0. The zero-order chi connectivity index (χ0) is 14.4. The van der Waals surface area contributed by atoms with Gasteiger partial charge in [0.15, 0.2) is 0 Å². The summed E-state index contributed by atoms with van der Waals surface area (Å²) < 4.78 is 0. The van der Waals surface area contributed by atoms with Crippen molar-refractivity contribution >= 4 is 0 Å². The molecular weight excluding hydrogens is 232 g/mol. The molecule has 0 heterocycles. The zero-order valence-corrected chi connectivity index (χ0v) is 13.8. The maximum absolute atomic E-state index is 10.7. The second-order valence-corrected chi connectivity index (χ2v) is 6.30. The first-order chi connectivity index (χ1) is 9.18. The number of hydrogen-bond acceptors (Lipinski definition) is 1. The van der Waals surface area contributed by atoms with Crippen molar-refractivity contribution in [3.63, 3.8) is 0 Å². The van der Waals surface area contributed by atoms with Crippen LogP contribution >= 0.6 is 0 Å². The second-order valence-electron chi connectivity index (χ2n) is 6.30. The van der Waals surface area contributed by atoms with E-state index in [4.69, 9.17) is 0 Å². The van der Waals surface area contributed by atoms with Gasteiger partial charge in [-0.25, -0.2) is 0 Å². The van der Waals surface area contributed by atoms with Gasteiger partial charge in [-0.1, -0.05) is 91.4 Å². The third-order valence-corrected chi connectivity index (χ3v) is 4.24. The molecule has 0 bridgehead atoms. The van der Waals surface area contributed by atoms with Gasteiger partial charge in [-0.3, -0.25) is 0 Å². The van der Waals surface area contributed by atoms with Gasteiger partial charge < -0.3 is 5.11 Å². The van der Waals surface area contributed by atoms with Gasteiger partial charge in [0, 0.05) is 0 Å². The first-order valence-corrected chi connectivity index (χ1v) is 8.91. The molecule has 0 aliphatic carbocycles. The zero-order valence-electron chi connectivity index (χ0n) is 13.8. The van der Waals surface area contributed by atoms with Crippen LogP contribution in [-0.4, -0.2) is 10.7 Å². The van der Waals surface area contributed by atoms with E-state index in [0.717, 1.165) is 19.3 Å². The van der Waals surface area contributed by atoms with Crippen LogP contribution in [0.2, 0.25) is 0 Å². The largest absolute Gasteiger partial charge is 0.390 e. The molecule has 0 unspecified atom stereocenters. The van der Waals surface area contributed by atoms with Crippen LogP contribution in [0.3, 0.4) is 0 Å². The number of hydrogen-bond donors (Lipinski definition) is 1. The standard InChI is InChI=1S/C18H38O/c1-4-7-10-11-12-13-14-17-18(19,15-8-5-2)16-9-6-3/h19H,4-17H2,1-3H3. The highest BCUT2D eigenvalue weighted by Crippen LogP contribution is 2.27. The fraction of sp³-hybridized carbons (Fsp3) is 1.00. The van der Waals surface area contributed by atoms with Crippen LogP contribution in [0.25, 0.3) is 0 Å². The summed E-state index contributed by atoms with van der Waals surface area (Å²) in [6.45, 7) is 6.70. The fourth-order valence-corrected chi connectivity index (χ4v) is 2.80. The van der Waals surface area contributed by atoms with Crippen molar-refractivity contribution in [2.45, 2.75) is 116 Å². The molecule has 0 amide bonds. The highest BCUT2D eigenvalue weighted by atomic mass is 16.3. The van der Waals surface area contributed by atoms with Crippen molar-refractivity contribution in [3.8, 4) is 0 Å². The van der Waals surface area contributed by atoms with E-state index in [1.54, 1.807) is 0 Å². The van der Waals surface area contributed by atoms with Gasteiger partial charge in [-0.15, -0.1) is 0 Å². The Kier molecular flexibility index (Phi) is 12.9. The van der Waals surface area contributed by atoms with E-state index in [1.165, 1.54) is 70.6 Å². The summed E-state index contributed by atoms with van der Waals surface area (Å²) in [6, 6.07) is 0. The Balaban J connectivity index is 3.72. The van der Waals surface area contributed by atoms with Gasteiger partial charge in [-0.2, -0.15) is 0 Å². The summed E-state index contributed by atoms with van der Waals surface area (Å²) in [7, 11) is 0. The Hall–Kier alpha value is -0.0400. The molecule has 1 N–H and O–H groups in total. The summed E-state index contributed by atoms with van der Waals surface area (Å²) in [5.41, 5.74) is -0.352. The normalized spacial score (nSPS) is 12.0. The van der Waals surface area contributed by atoms with E-state index in [2.05, 4.69) is 20.8 Å². The Bertz CT molecular complexity index is 169. The minimum atomic E-state index is -0.352. The molecule has 0 aliphatic rings. The lowest BCUT2D eigenvalue weighted by Gasteiger charge is -2.28. The summed E-state index contributed by atoms with van der Waals surface area (Å²) in [6.07, 6.45) is 17.2. The van der Waals surface area contributed by atoms with Gasteiger partial charge in [0.25, 0.3) is 0 Å². The quantitative estimate of drug-likeness (QED) is 0.370. The molecule has 1 nitrogen and oxygen atoms in total. The lowest BCUT2D eigenvalue weighted by atomic mass is 9.86. The lowest BCUT2D eigenvalue weighted by Crippen LogP contribution is -2.28. The Morgan fingerprint density at radius 2 is 0.895 bits per heavy atom. The Morgan fingerprint density at radius 1 is 0.526 bits per heavy atom. The van der Waals surface area contributed by atoms with Crippen LogP contribution in [0.5, 0.6) is 0 Å². The van der Waals surface area contributed by atoms with E-state index in [9.17, 15) is 5.11 Å². The highest BCUT2D eigenvalue weighted by Gasteiger charge is 2.24. The lowest BCUT2D eigenvalue weighted by molar-refractivity contribution is 0.00788. The molecule has 0 saturated heterocycles. The summed E-state index contributed by atoms with van der Waals surface area (Å²) in [5, 5.41) is 10.7. The number of rotatable bonds is 14. The van der Waals surface area contributed by atoms with Crippen LogP contribution in [0.15, 0.2) is 0 Å². The Labute approximate surface area is 122 Å². The maximum Gasteiger partial charge on any atom is 0.0647 e. The minimum absolute atomic E-state index is 0.352. The van der Waals surface area contributed by atoms with Gasteiger partial charge >= 0.3 is 0 Å². The van der Waals surface area contributed by atoms with Crippen LogP contribution in [0.1, 0.15) is 111 Å². The van der Waals surface area contributed by atoms with Crippen molar-refractivity contribution in [3.05, 3.63) is 0 Å².